The SMILES string of the molecule is CCc1ccc(N2CC(=O)NC(CC(=O)O)C2)cc1. The molecule has 2 rings (SSSR count). The summed E-state index contributed by atoms with van der Waals surface area (Å²) in [5.74, 6) is -1.02. The molecule has 0 radical (unpaired) electrons. The Morgan fingerprint density at radius 2 is 2.11 bits per heavy atom. The van der Waals surface area contributed by atoms with E-state index >= 15 is 0 Å². The zero-order chi connectivity index (χ0) is 13.8. The fourth-order valence-corrected chi connectivity index (χ4v) is 2.29. The Morgan fingerprint density at radius 3 is 2.68 bits per heavy atom. The predicted octanol–water partition coefficient (Wildman–Crippen LogP) is 1.03. The van der Waals surface area contributed by atoms with Crippen molar-refractivity contribution in [3.63, 3.8) is 0 Å². The van der Waals surface area contributed by atoms with Crippen molar-refractivity contribution in [1.82, 2.24) is 5.32 Å². The number of nitrogens with zero attached hydrogens (tertiary/aromatic N) is 1. The van der Waals surface area contributed by atoms with Crippen molar-refractivity contribution in [2.24, 2.45) is 0 Å². The molecule has 102 valence electrons. The van der Waals surface area contributed by atoms with Gasteiger partial charge >= 0.3 is 5.97 Å². The molecule has 0 saturated carbocycles. The van der Waals surface area contributed by atoms with Gasteiger partial charge < -0.3 is 15.3 Å². The molecule has 1 heterocycles. The van der Waals surface area contributed by atoms with E-state index < -0.39 is 5.97 Å². The minimum Gasteiger partial charge on any atom is -0.481 e. The average Bonchev–Trinajstić information content (AvgIpc) is 2.37. The van der Waals surface area contributed by atoms with Crippen LogP contribution in [0.3, 0.4) is 0 Å². The summed E-state index contributed by atoms with van der Waals surface area (Å²) in [5.41, 5.74) is 2.20. The minimum absolute atomic E-state index is 0.0463. The van der Waals surface area contributed by atoms with Crippen molar-refractivity contribution in [2.45, 2.75) is 25.8 Å². The number of rotatable bonds is 4. The molecule has 0 aliphatic carbocycles. The summed E-state index contributed by atoms with van der Waals surface area (Å²) in [4.78, 5) is 24.3. The van der Waals surface area contributed by atoms with Crippen molar-refractivity contribution in [3.8, 4) is 0 Å². The number of piperazine rings is 1. The summed E-state index contributed by atoms with van der Waals surface area (Å²) >= 11 is 0. The lowest BCUT2D eigenvalue weighted by Gasteiger charge is -2.34. The molecule has 1 fully saturated rings. The molecule has 1 saturated heterocycles. The summed E-state index contributed by atoms with van der Waals surface area (Å²) in [5, 5.41) is 11.5. The number of anilines is 1. The van der Waals surface area contributed by atoms with Crippen molar-refractivity contribution in [1.29, 1.82) is 0 Å². The van der Waals surface area contributed by atoms with Crippen LogP contribution in [0.4, 0.5) is 5.69 Å². The Labute approximate surface area is 112 Å². The lowest BCUT2D eigenvalue weighted by atomic mass is 10.1. The molecule has 1 unspecified atom stereocenters. The normalized spacial score (nSPS) is 19.1. The summed E-state index contributed by atoms with van der Waals surface area (Å²) in [6.45, 7) is 2.90. The molecule has 1 amide bonds. The number of aryl methyl sites for hydroxylation is 1. The fourth-order valence-electron chi connectivity index (χ4n) is 2.29. The molecular formula is C14H18N2O3. The molecule has 2 N–H and O–H groups in total. The van der Waals surface area contributed by atoms with Gasteiger partial charge in [-0.25, -0.2) is 0 Å². The van der Waals surface area contributed by atoms with E-state index in [-0.39, 0.29) is 24.9 Å². The van der Waals surface area contributed by atoms with Crippen molar-refractivity contribution in [3.05, 3.63) is 29.8 Å². The van der Waals surface area contributed by atoms with Gasteiger partial charge in [0.25, 0.3) is 0 Å². The van der Waals surface area contributed by atoms with Gasteiger partial charge in [0.15, 0.2) is 0 Å². The average molecular weight is 262 g/mol. The van der Waals surface area contributed by atoms with Gasteiger partial charge in [-0.3, -0.25) is 9.59 Å². The summed E-state index contributed by atoms with van der Waals surface area (Å²) in [6, 6.07) is 7.71. The van der Waals surface area contributed by atoms with Crippen LogP contribution in [0.5, 0.6) is 0 Å². The molecular weight excluding hydrogens is 244 g/mol. The van der Waals surface area contributed by atoms with Crippen LogP contribution >= 0.6 is 0 Å². The standard InChI is InChI=1S/C14H18N2O3/c1-2-10-3-5-12(6-4-10)16-8-11(7-14(18)19)15-13(17)9-16/h3-6,11H,2,7-9H2,1H3,(H,15,17)(H,18,19). The van der Waals surface area contributed by atoms with E-state index in [0.717, 1.165) is 12.1 Å². The number of carbonyl (C=O) groups is 2. The van der Waals surface area contributed by atoms with Crippen molar-refractivity contribution < 1.29 is 14.7 Å². The molecule has 0 bridgehead atoms. The van der Waals surface area contributed by atoms with Gasteiger partial charge in [0.1, 0.15) is 0 Å². The second kappa shape index (κ2) is 5.73. The Balaban J connectivity index is 2.09. The smallest absolute Gasteiger partial charge is 0.305 e. The number of hydrogen-bond donors (Lipinski definition) is 2. The number of carboxylic acids is 1. The lowest BCUT2D eigenvalue weighted by Crippen LogP contribution is -2.54. The first-order valence-corrected chi connectivity index (χ1v) is 6.43. The summed E-state index contributed by atoms with van der Waals surface area (Å²) < 4.78 is 0. The van der Waals surface area contributed by atoms with Gasteiger partial charge in [-0.2, -0.15) is 0 Å². The Bertz CT molecular complexity index is 468. The molecule has 5 heteroatoms. The van der Waals surface area contributed by atoms with Crippen molar-refractivity contribution >= 4 is 17.6 Å². The zero-order valence-corrected chi connectivity index (χ0v) is 10.9. The first kappa shape index (κ1) is 13.4. The Morgan fingerprint density at radius 1 is 1.42 bits per heavy atom. The number of benzene rings is 1. The van der Waals surface area contributed by atoms with Crippen LogP contribution in [0, 0.1) is 0 Å². The molecule has 0 aromatic heterocycles. The van der Waals surface area contributed by atoms with E-state index in [4.69, 9.17) is 5.11 Å². The Hall–Kier alpha value is -2.04. The van der Waals surface area contributed by atoms with Crippen LogP contribution in [0.2, 0.25) is 0 Å². The van der Waals surface area contributed by atoms with Gasteiger partial charge in [-0.1, -0.05) is 19.1 Å². The number of carbonyl (C=O) groups excluding carboxylic acids is 1. The quantitative estimate of drug-likeness (QED) is 0.850. The monoisotopic (exact) mass is 262 g/mol. The molecule has 5 nitrogen and oxygen atoms in total. The second-order valence-corrected chi connectivity index (χ2v) is 4.76. The molecule has 1 aliphatic rings. The van der Waals surface area contributed by atoms with E-state index in [1.165, 1.54) is 5.56 Å². The van der Waals surface area contributed by atoms with E-state index in [2.05, 4.69) is 12.2 Å². The molecule has 1 aliphatic heterocycles. The van der Waals surface area contributed by atoms with Gasteiger partial charge in [0.05, 0.1) is 19.0 Å². The number of nitrogens with one attached hydrogen (secondary N) is 1. The number of amides is 1. The molecule has 19 heavy (non-hydrogen) atoms. The van der Waals surface area contributed by atoms with Crippen LogP contribution in [0.25, 0.3) is 0 Å². The lowest BCUT2D eigenvalue weighted by molar-refractivity contribution is -0.137. The summed E-state index contributed by atoms with van der Waals surface area (Å²) in [7, 11) is 0. The first-order chi connectivity index (χ1) is 9.08. The Kier molecular flexibility index (Phi) is 4.04. The maximum absolute atomic E-state index is 11.6. The highest BCUT2D eigenvalue weighted by atomic mass is 16.4. The van der Waals surface area contributed by atoms with Crippen LogP contribution < -0.4 is 10.2 Å². The van der Waals surface area contributed by atoms with Crippen molar-refractivity contribution in [2.75, 3.05) is 18.0 Å². The van der Waals surface area contributed by atoms with Gasteiger partial charge in [-0.15, -0.1) is 0 Å². The van der Waals surface area contributed by atoms with Crippen LogP contribution in [-0.2, 0) is 16.0 Å². The highest BCUT2D eigenvalue weighted by Gasteiger charge is 2.26. The topological polar surface area (TPSA) is 69.6 Å². The minimum atomic E-state index is -0.895. The van der Waals surface area contributed by atoms with Gasteiger partial charge in [0.2, 0.25) is 5.91 Å². The molecule has 1 atom stereocenters. The van der Waals surface area contributed by atoms with E-state index in [9.17, 15) is 9.59 Å². The fraction of sp³-hybridized carbons (Fsp3) is 0.429. The second-order valence-electron chi connectivity index (χ2n) is 4.76. The van der Waals surface area contributed by atoms with E-state index in [1.54, 1.807) is 0 Å². The highest BCUT2D eigenvalue weighted by molar-refractivity contribution is 5.84. The summed E-state index contributed by atoms with van der Waals surface area (Å²) in [6.07, 6.45) is 0.928. The zero-order valence-electron chi connectivity index (χ0n) is 10.9. The molecule has 0 spiro atoms. The van der Waals surface area contributed by atoms with E-state index in [1.807, 2.05) is 29.2 Å². The first-order valence-electron chi connectivity index (χ1n) is 6.43. The molecule has 1 aromatic carbocycles. The maximum Gasteiger partial charge on any atom is 0.305 e. The largest absolute Gasteiger partial charge is 0.481 e. The predicted molar refractivity (Wildman–Crippen MR) is 72.2 cm³/mol. The van der Waals surface area contributed by atoms with Gasteiger partial charge in [-0.05, 0) is 24.1 Å². The van der Waals surface area contributed by atoms with E-state index in [0.29, 0.717) is 6.54 Å². The maximum atomic E-state index is 11.6. The third kappa shape index (κ3) is 3.47. The van der Waals surface area contributed by atoms with Crippen LogP contribution in [-0.4, -0.2) is 36.1 Å². The molecule has 1 aromatic rings. The van der Waals surface area contributed by atoms with Crippen LogP contribution in [0.1, 0.15) is 18.9 Å². The highest BCUT2D eigenvalue weighted by Crippen LogP contribution is 2.18. The number of hydrogen-bond acceptors (Lipinski definition) is 3. The van der Waals surface area contributed by atoms with Crippen LogP contribution in [0.15, 0.2) is 24.3 Å². The third-order valence-electron chi connectivity index (χ3n) is 3.27. The number of aliphatic carboxylic acids is 1. The third-order valence-corrected chi connectivity index (χ3v) is 3.27. The number of carboxylic acid groups (broad SMARTS) is 1. The van der Waals surface area contributed by atoms with Gasteiger partial charge in [0, 0.05) is 12.2 Å².